The van der Waals surface area contributed by atoms with Gasteiger partial charge in [-0.1, -0.05) is 12.1 Å². The van der Waals surface area contributed by atoms with Crippen molar-refractivity contribution in [3.8, 4) is 0 Å². The normalized spacial score (nSPS) is 18.0. The Morgan fingerprint density at radius 3 is 2.26 bits per heavy atom. The van der Waals surface area contributed by atoms with Crippen LogP contribution in [-0.4, -0.2) is 41.1 Å². The molecule has 0 unspecified atom stereocenters. The molecule has 1 heterocycles. The van der Waals surface area contributed by atoms with E-state index in [2.05, 4.69) is 10.4 Å². The molecule has 0 atom stereocenters. The van der Waals surface area contributed by atoms with Gasteiger partial charge in [-0.05, 0) is 74.6 Å². The molecule has 6 heteroatoms. The van der Waals surface area contributed by atoms with Crippen LogP contribution in [0.2, 0.25) is 0 Å². The molecule has 0 spiro atoms. The third-order valence-corrected chi connectivity index (χ3v) is 6.12. The van der Waals surface area contributed by atoms with Crippen molar-refractivity contribution in [3.05, 3.63) is 65.2 Å². The van der Waals surface area contributed by atoms with E-state index >= 15 is 0 Å². The van der Waals surface area contributed by atoms with Crippen LogP contribution in [0.5, 0.6) is 0 Å². The summed E-state index contributed by atoms with van der Waals surface area (Å²) < 4.78 is 0. The van der Waals surface area contributed by atoms with Crippen molar-refractivity contribution >= 4 is 23.2 Å². The van der Waals surface area contributed by atoms with Crippen LogP contribution in [0.1, 0.15) is 65.3 Å². The van der Waals surface area contributed by atoms with E-state index in [9.17, 15) is 9.59 Å². The predicted octanol–water partition coefficient (Wildman–Crippen LogP) is 3.97. The van der Waals surface area contributed by atoms with Crippen LogP contribution in [0.3, 0.4) is 0 Å². The molecule has 5 rings (SSSR count). The van der Waals surface area contributed by atoms with Gasteiger partial charge in [-0.2, -0.15) is 5.10 Å². The smallest absolute Gasteiger partial charge is 0.254 e. The highest BCUT2D eigenvalue weighted by atomic mass is 16.2. The maximum atomic E-state index is 13.2. The van der Waals surface area contributed by atoms with E-state index in [0.29, 0.717) is 29.8 Å². The Hall–Kier alpha value is -3.15. The first-order valence-corrected chi connectivity index (χ1v) is 11.2. The molecule has 2 aromatic carbocycles. The van der Waals surface area contributed by atoms with Gasteiger partial charge < -0.3 is 10.2 Å². The molecule has 2 aromatic rings. The Balaban J connectivity index is 1.26. The Morgan fingerprint density at radius 1 is 1.00 bits per heavy atom. The van der Waals surface area contributed by atoms with Gasteiger partial charge in [0, 0.05) is 48.4 Å². The van der Waals surface area contributed by atoms with Gasteiger partial charge in [0.2, 0.25) is 0 Å². The highest BCUT2D eigenvalue weighted by molar-refractivity contribution is 5.95. The predicted molar refractivity (Wildman–Crippen MR) is 121 cm³/mol. The lowest BCUT2D eigenvalue weighted by molar-refractivity contribution is 0.0729. The van der Waals surface area contributed by atoms with Crippen molar-refractivity contribution in [3.63, 3.8) is 0 Å². The number of carbonyl (C=O) groups is 2. The summed E-state index contributed by atoms with van der Waals surface area (Å²) in [5, 5.41) is 9.53. The summed E-state index contributed by atoms with van der Waals surface area (Å²) in [5.41, 5.74) is 4.58. The first kappa shape index (κ1) is 19.8. The second kappa shape index (κ2) is 8.17. The van der Waals surface area contributed by atoms with Crippen LogP contribution in [0.4, 0.5) is 5.69 Å². The topological polar surface area (TPSA) is 65.0 Å². The number of amides is 2. The first-order valence-electron chi connectivity index (χ1n) is 11.2. The van der Waals surface area contributed by atoms with Crippen LogP contribution in [0.25, 0.3) is 0 Å². The van der Waals surface area contributed by atoms with Crippen LogP contribution in [0.15, 0.2) is 53.6 Å². The average Bonchev–Trinajstić information content (AvgIpc) is 3.72. The fraction of sp³-hybridized carbons (Fsp3) is 0.400. The zero-order valence-electron chi connectivity index (χ0n) is 17.9. The van der Waals surface area contributed by atoms with Crippen molar-refractivity contribution in [2.45, 2.75) is 57.7 Å². The van der Waals surface area contributed by atoms with Gasteiger partial charge in [0.05, 0.1) is 5.69 Å². The first-order chi connectivity index (χ1) is 15.1. The molecule has 2 saturated carbocycles. The Labute approximate surface area is 182 Å². The molecule has 31 heavy (non-hydrogen) atoms. The standard InChI is InChI=1S/C25H28N4O2/c1-17-14-15-29(27-17)23-10-6-20(7-11-23)25(31)28(22-12-13-22)16-18-2-4-19(5-3-18)24(30)26-21-8-9-21/h2-7,10-11,21-22H,8-9,12-16H2,1H3,(H,26,30). The second-order valence-electron chi connectivity index (χ2n) is 8.86. The highest BCUT2D eigenvalue weighted by Gasteiger charge is 2.33. The fourth-order valence-electron chi connectivity index (χ4n) is 3.91. The van der Waals surface area contributed by atoms with Crippen LogP contribution < -0.4 is 10.3 Å². The number of carbonyl (C=O) groups excluding carboxylic acids is 2. The van der Waals surface area contributed by atoms with E-state index < -0.39 is 0 Å². The maximum Gasteiger partial charge on any atom is 0.254 e. The summed E-state index contributed by atoms with van der Waals surface area (Å²) in [7, 11) is 0. The number of hydrazone groups is 1. The van der Waals surface area contributed by atoms with Crippen molar-refractivity contribution in [1.82, 2.24) is 10.2 Å². The van der Waals surface area contributed by atoms with Crippen molar-refractivity contribution in [2.75, 3.05) is 11.6 Å². The van der Waals surface area contributed by atoms with E-state index in [0.717, 1.165) is 55.6 Å². The molecule has 1 N–H and O–H groups in total. The summed E-state index contributed by atoms with van der Waals surface area (Å²) in [4.78, 5) is 27.4. The molecule has 2 aliphatic carbocycles. The molecule has 0 aromatic heterocycles. The summed E-state index contributed by atoms with van der Waals surface area (Å²) >= 11 is 0. The Bertz CT molecular complexity index is 1000. The van der Waals surface area contributed by atoms with Gasteiger partial charge in [0.25, 0.3) is 11.8 Å². The molecule has 1 aliphatic heterocycles. The van der Waals surface area contributed by atoms with E-state index in [-0.39, 0.29) is 11.8 Å². The minimum atomic E-state index is -0.0122. The van der Waals surface area contributed by atoms with Crippen LogP contribution in [-0.2, 0) is 6.54 Å². The van der Waals surface area contributed by atoms with Crippen molar-refractivity contribution in [1.29, 1.82) is 0 Å². The minimum Gasteiger partial charge on any atom is -0.349 e. The van der Waals surface area contributed by atoms with Gasteiger partial charge in [-0.25, -0.2) is 0 Å². The Morgan fingerprint density at radius 2 is 1.68 bits per heavy atom. The summed E-state index contributed by atoms with van der Waals surface area (Å²) in [6.07, 6.45) is 5.24. The van der Waals surface area contributed by atoms with Gasteiger partial charge in [0.15, 0.2) is 0 Å². The van der Waals surface area contributed by atoms with Gasteiger partial charge >= 0.3 is 0 Å². The lowest BCUT2D eigenvalue weighted by Gasteiger charge is -2.23. The van der Waals surface area contributed by atoms with E-state index in [1.54, 1.807) is 0 Å². The average molecular weight is 417 g/mol. The largest absolute Gasteiger partial charge is 0.349 e. The number of hydrogen-bond donors (Lipinski definition) is 1. The number of nitrogens with one attached hydrogen (secondary N) is 1. The van der Waals surface area contributed by atoms with E-state index in [4.69, 9.17) is 0 Å². The fourth-order valence-corrected chi connectivity index (χ4v) is 3.91. The SMILES string of the molecule is CC1=NN(c2ccc(C(=O)N(Cc3ccc(C(=O)NC4CC4)cc3)C3CC3)cc2)CC1. The zero-order chi connectivity index (χ0) is 21.4. The van der Waals surface area contributed by atoms with Crippen LogP contribution >= 0.6 is 0 Å². The lowest BCUT2D eigenvalue weighted by Crippen LogP contribution is -2.32. The van der Waals surface area contributed by atoms with Crippen LogP contribution in [0, 0.1) is 0 Å². The monoisotopic (exact) mass is 416 g/mol. The number of nitrogens with zero attached hydrogens (tertiary/aromatic N) is 3. The molecule has 0 bridgehead atoms. The zero-order valence-corrected chi connectivity index (χ0v) is 17.9. The molecule has 0 saturated heterocycles. The number of benzene rings is 2. The number of hydrogen-bond acceptors (Lipinski definition) is 4. The Kier molecular flexibility index (Phi) is 5.22. The van der Waals surface area contributed by atoms with Crippen molar-refractivity contribution < 1.29 is 9.59 Å². The van der Waals surface area contributed by atoms with Crippen molar-refractivity contribution in [2.24, 2.45) is 5.10 Å². The molecule has 3 aliphatic rings. The molecule has 6 nitrogen and oxygen atoms in total. The third-order valence-electron chi connectivity index (χ3n) is 6.12. The number of anilines is 1. The second-order valence-corrected chi connectivity index (χ2v) is 8.86. The van der Waals surface area contributed by atoms with Gasteiger partial charge in [-0.3, -0.25) is 14.6 Å². The number of rotatable bonds is 7. The van der Waals surface area contributed by atoms with Gasteiger partial charge in [-0.15, -0.1) is 0 Å². The highest BCUT2D eigenvalue weighted by Crippen LogP contribution is 2.30. The molecular weight excluding hydrogens is 388 g/mol. The summed E-state index contributed by atoms with van der Waals surface area (Å²) in [6, 6.07) is 16.1. The maximum absolute atomic E-state index is 13.2. The molecule has 2 amide bonds. The molecule has 160 valence electrons. The molecular formula is C25H28N4O2. The minimum absolute atomic E-state index is 0.0122. The quantitative estimate of drug-likeness (QED) is 0.743. The third kappa shape index (κ3) is 4.63. The van der Waals surface area contributed by atoms with E-state index in [1.807, 2.05) is 65.4 Å². The summed E-state index contributed by atoms with van der Waals surface area (Å²) in [6.45, 7) is 3.49. The summed E-state index contributed by atoms with van der Waals surface area (Å²) in [5.74, 6) is 0.0486. The van der Waals surface area contributed by atoms with Gasteiger partial charge in [0.1, 0.15) is 0 Å². The molecule has 0 radical (unpaired) electrons. The molecule has 2 fully saturated rings. The lowest BCUT2D eigenvalue weighted by atomic mass is 10.1. The van der Waals surface area contributed by atoms with E-state index in [1.165, 1.54) is 0 Å².